The second-order valence-electron chi connectivity index (χ2n) is 4.21. The first-order chi connectivity index (χ1) is 8.76. The molecule has 0 saturated carbocycles. The van der Waals surface area contributed by atoms with E-state index in [0.29, 0.717) is 30.0 Å². The number of hydrogen-bond acceptors (Lipinski definition) is 4. The van der Waals surface area contributed by atoms with E-state index in [0.717, 1.165) is 0 Å². The lowest BCUT2D eigenvalue weighted by atomic mass is 10.1. The average molecular weight is 428 g/mol. The SMILES string of the molecule is CC(N)(C#N)Cn1nc2c(Cl)c(Br)c(Cl)c(Br)c2n1. The van der Waals surface area contributed by atoms with Crippen molar-refractivity contribution in [2.24, 2.45) is 5.73 Å². The molecule has 5 nitrogen and oxygen atoms in total. The summed E-state index contributed by atoms with van der Waals surface area (Å²) in [5.41, 5.74) is 5.71. The summed E-state index contributed by atoms with van der Waals surface area (Å²) in [7, 11) is 0. The van der Waals surface area contributed by atoms with Gasteiger partial charge < -0.3 is 5.73 Å². The van der Waals surface area contributed by atoms with Crippen molar-refractivity contribution in [3.05, 3.63) is 19.0 Å². The number of rotatable bonds is 2. The summed E-state index contributed by atoms with van der Waals surface area (Å²) in [5, 5.41) is 18.2. The fourth-order valence-electron chi connectivity index (χ4n) is 1.44. The summed E-state index contributed by atoms with van der Waals surface area (Å²) in [4.78, 5) is 1.34. The van der Waals surface area contributed by atoms with Gasteiger partial charge in [0.25, 0.3) is 0 Å². The number of nitrogens with zero attached hydrogens (tertiary/aromatic N) is 4. The molecule has 1 unspecified atom stereocenters. The second kappa shape index (κ2) is 5.19. The van der Waals surface area contributed by atoms with Crippen molar-refractivity contribution in [2.75, 3.05) is 0 Å². The van der Waals surface area contributed by atoms with E-state index in [2.05, 4.69) is 42.1 Å². The molecule has 0 aliphatic rings. The maximum Gasteiger partial charge on any atom is 0.134 e. The van der Waals surface area contributed by atoms with Crippen LogP contribution in [0.15, 0.2) is 8.95 Å². The molecule has 0 aliphatic heterocycles. The van der Waals surface area contributed by atoms with Crippen molar-refractivity contribution >= 4 is 66.1 Å². The lowest BCUT2D eigenvalue weighted by Gasteiger charge is -2.13. The van der Waals surface area contributed by atoms with Gasteiger partial charge in [0, 0.05) is 0 Å². The Bertz CT molecular complexity index is 659. The van der Waals surface area contributed by atoms with Gasteiger partial charge in [0.15, 0.2) is 0 Å². The molecule has 0 amide bonds. The summed E-state index contributed by atoms with van der Waals surface area (Å²) in [6, 6.07) is 1.98. The van der Waals surface area contributed by atoms with Crippen LogP contribution in [0.2, 0.25) is 10.0 Å². The zero-order valence-corrected chi connectivity index (χ0v) is 14.3. The Balaban J connectivity index is 2.62. The predicted octanol–water partition coefficient (Wildman–Crippen LogP) is 3.50. The maximum atomic E-state index is 8.92. The highest BCUT2D eigenvalue weighted by Crippen LogP contribution is 2.41. The van der Waals surface area contributed by atoms with Crippen LogP contribution in [0.4, 0.5) is 0 Å². The van der Waals surface area contributed by atoms with E-state index < -0.39 is 5.54 Å². The highest BCUT2D eigenvalue weighted by Gasteiger charge is 2.23. The fraction of sp³-hybridized carbons (Fsp3) is 0.300. The Labute approximate surface area is 135 Å². The smallest absolute Gasteiger partial charge is 0.134 e. The molecule has 0 spiro atoms. The van der Waals surface area contributed by atoms with Crippen LogP contribution in [0.5, 0.6) is 0 Å². The van der Waals surface area contributed by atoms with Crippen molar-refractivity contribution in [3.8, 4) is 6.07 Å². The molecular formula is C10H7Br2Cl2N5. The van der Waals surface area contributed by atoms with Crippen molar-refractivity contribution < 1.29 is 0 Å². The first kappa shape index (κ1) is 15.0. The third kappa shape index (κ3) is 2.73. The van der Waals surface area contributed by atoms with Crippen molar-refractivity contribution in [3.63, 3.8) is 0 Å². The van der Waals surface area contributed by atoms with E-state index in [-0.39, 0.29) is 6.54 Å². The minimum Gasteiger partial charge on any atom is -0.312 e. The highest BCUT2D eigenvalue weighted by atomic mass is 79.9. The van der Waals surface area contributed by atoms with Crippen LogP contribution in [-0.4, -0.2) is 20.5 Å². The molecule has 19 heavy (non-hydrogen) atoms. The second-order valence-corrected chi connectivity index (χ2v) is 6.55. The normalized spacial score (nSPS) is 14.4. The van der Waals surface area contributed by atoms with Gasteiger partial charge in [-0.3, -0.25) is 0 Å². The Morgan fingerprint density at radius 1 is 1.26 bits per heavy atom. The molecule has 9 heteroatoms. The van der Waals surface area contributed by atoms with Gasteiger partial charge in [-0.1, -0.05) is 23.2 Å². The van der Waals surface area contributed by atoms with Crippen molar-refractivity contribution in [2.45, 2.75) is 19.0 Å². The number of hydrogen-bond donors (Lipinski definition) is 1. The minimum atomic E-state index is -1.06. The Kier molecular flexibility index (Phi) is 4.10. The lowest BCUT2D eigenvalue weighted by Crippen LogP contribution is -2.39. The number of nitrogens with two attached hydrogens (primary N) is 1. The summed E-state index contributed by atoms with van der Waals surface area (Å²) < 4.78 is 1.13. The largest absolute Gasteiger partial charge is 0.312 e. The molecular weight excluding hydrogens is 421 g/mol. The van der Waals surface area contributed by atoms with Crippen LogP contribution in [-0.2, 0) is 6.54 Å². The molecule has 2 aromatic rings. The van der Waals surface area contributed by atoms with Crippen molar-refractivity contribution in [1.82, 2.24) is 15.0 Å². The van der Waals surface area contributed by atoms with Crippen LogP contribution >= 0.6 is 55.1 Å². The molecule has 0 aliphatic carbocycles. The molecule has 1 atom stereocenters. The third-order valence-electron chi connectivity index (χ3n) is 2.37. The number of halogens is 4. The topological polar surface area (TPSA) is 80.5 Å². The van der Waals surface area contributed by atoms with Crippen LogP contribution in [0.3, 0.4) is 0 Å². The first-order valence-corrected chi connectivity index (χ1v) is 7.38. The van der Waals surface area contributed by atoms with E-state index in [1.165, 1.54) is 4.80 Å². The van der Waals surface area contributed by atoms with E-state index >= 15 is 0 Å². The van der Waals surface area contributed by atoms with E-state index in [9.17, 15) is 0 Å². The number of benzene rings is 1. The molecule has 1 aromatic carbocycles. The molecule has 100 valence electrons. The van der Waals surface area contributed by atoms with Gasteiger partial charge in [0.2, 0.25) is 0 Å². The number of aromatic nitrogens is 3. The van der Waals surface area contributed by atoms with E-state index in [1.54, 1.807) is 6.92 Å². The van der Waals surface area contributed by atoms with E-state index in [1.807, 2.05) is 6.07 Å². The molecule has 0 fully saturated rings. The Hall–Kier alpha value is -0.390. The predicted molar refractivity (Wildman–Crippen MR) is 81.2 cm³/mol. The quantitative estimate of drug-likeness (QED) is 0.587. The summed E-state index contributed by atoms with van der Waals surface area (Å²) in [6.45, 7) is 1.75. The standard InChI is InChI=1S/C10H7Br2Cl2N5/c1-10(16,2-15)3-19-17-8-5(12)6(13)4(11)7(14)9(8)18-19/h3,16H2,1H3. The van der Waals surface area contributed by atoms with Crippen LogP contribution in [0, 0.1) is 11.3 Å². The maximum absolute atomic E-state index is 8.92. The summed E-state index contributed by atoms with van der Waals surface area (Å²) in [6.07, 6.45) is 0. The van der Waals surface area contributed by atoms with Gasteiger partial charge in [-0.25, -0.2) is 0 Å². The van der Waals surface area contributed by atoms with Gasteiger partial charge in [-0.15, -0.1) is 0 Å². The zero-order chi connectivity index (χ0) is 14.4. The molecule has 0 radical (unpaired) electrons. The van der Waals surface area contributed by atoms with Gasteiger partial charge in [0.1, 0.15) is 16.6 Å². The van der Waals surface area contributed by atoms with Crippen molar-refractivity contribution in [1.29, 1.82) is 5.26 Å². The third-order valence-corrected chi connectivity index (χ3v) is 5.37. The Morgan fingerprint density at radius 2 is 1.84 bits per heavy atom. The molecule has 2 N–H and O–H groups in total. The average Bonchev–Trinajstić information content (AvgIpc) is 2.77. The van der Waals surface area contributed by atoms with E-state index in [4.69, 9.17) is 34.2 Å². The fourth-order valence-corrected chi connectivity index (χ4v) is 3.02. The van der Waals surface area contributed by atoms with Gasteiger partial charge in [0.05, 0.1) is 31.6 Å². The van der Waals surface area contributed by atoms with Gasteiger partial charge in [-0.2, -0.15) is 20.3 Å². The molecule has 1 heterocycles. The highest BCUT2D eigenvalue weighted by molar-refractivity contribution is 9.11. The zero-order valence-electron chi connectivity index (χ0n) is 9.59. The number of fused-ring (bicyclic) bond motifs is 1. The number of nitriles is 1. The minimum absolute atomic E-state index is 0.149. The van der Waals surface area contributed by atoms with Crippen LogP contribution in [0.25, 0.3) is 11.0 Å². The van der Waals surface area contributed by atoms with Crippen LogP contribution in [0.1, 0.15) is 6.92 Å². The molecule has 0 saturated heterocycles. The first-order valence-electron chi connectivity index (χ1n) is 5.04. The summed E-state index contributed by atoms with van der Waals surface area (Å²) in [5.74, 6) is 0. The monoisotopic (exact) mass is 425 g/mol. The van der Waals surface area contributed by atoms with Crippen LogP contribution < -0.4 is 5.73 Å². The lowest BCUT2D eigenvalue weighted by molar-refractivity contribution is 0.423. The molecule has 1 aromatic heterocycles. The summed E-state index contributed by atoms with van der Waals surface area (Å²) >= 11 is 18.9. The van der Waals surface area contributed by atoms with Gasteiger partial charge in [-0.05, 0) is 38.8 Å². The Morgan fingerprint density at radius 3 is 2.42 bits per heavy atom. The molecule has 0 bridgehead atoms. The van der Waals surface area contributed by atoms with Gasteiger partial charge >= 0.3 is 0 Å². The molecule has 2 rings (SSSR count).